The van der Waals surface area contributed by atoms with Crippen LogP contribution in [0, 0.1) is 5.82 Å². The highest BCUT2D eigenvalue weighted by Gasteiger charge is 2.30. The highest BCUT2D eigenvalue weighted by atomic mass is 19.1. The van der Waals surface area contributed by atoms with Gasteiger partial charge in [0.25, 0.3) is 0 Å². The molecule has 1 aliphatic rings. The van der Waals surface area contributed by atoms with E-state index in [1.54, 1.807) is 6.07 Å². The molecule has 0 spiro atoms. The van der Waals surface area contributed by atoms with Crippen LogP contribution in [0.2, 0.25) is 0 Å². The van der Waals surface area contributed by atoms with Crippen molar-refractivity contribution in [2.24, 2.45) is 5.73 Å². The summed E-state index contributed by atoms with van der Waals surface area (Å²) >= 11 is 0. The number of nitrogens with one attached hydrogen (secondary N) is 1. The number of anilines is 1. The Balaban J connectivity index is 2.26. The maximum atomic E-state index is 14.1. The molecule has 1 amide bonds. The van der Waals surface area contributed by atoms with E-state index in [1.807, 2.05) is 11.0 Å². The SMILES string of the molecule is CCCNCc1c(F)cccc1N1CCCC1C(N)=O. The van der Waals surface area contributed by atoms with E-state index in [4.69, 9.17) is 5.73 Å². The molecular formula is C15H22FN3O. The van der Waals surface area contributed by atoms with Gasteiger partial charge >= 0.3 is 0 Å². The Hall–Kier alpha value is -1.62. The summed E-state index contributed by atoms with van der Waals surface area (Å²) in [7, 11) is 0. The lowest BCUT2D eigenvalue weighted by Gasteiger charge is -2.27. The lowest BCUT2D eigenvalue weighted by molar-refractivity contribution is -0.119. The van der Waals surface area contributed by atoms with Crippen molar-refractivity contribution in [3.63, 3.8) is 0 Å². The first-order valence-corrected chi connectivity index (χ1v) is 7.19. The molecule has 1 saturated heterocycles. The van der Waals surface area contributed by atoms with Gasteiger partial charge < -0.3 is 16.0 Å². The average molecular weight is 279 g/mol. The van der Waals surface area contributed by atoms with Crippen molar-refractivity contribution < 1.29 is 9.18 Å². The molecule has 4 nitrogen and oxygen atoms in total. The maximum Gasteiger partial charge on any atom is 0.240 e. The molecule has 2 rings (SSSR count). The minimum Gasteiger partial charge on any atom is -0.368 e. The van der Waals surface area contributed by atoms with Gasteiger partial charge in [0.05, 0.1) is 0 Å². The molecular weight excluding hydrogens is 257 g/mol. The maximum absolute atomic E-state index is 14.1. The summed E-state index contributed by atoms with van der Waals surface area (Å²) in [5.41, 5.74) is 6.85. The minimum atomic E-state index is -0.334. The van der Waals surface area contributed by atoms with E-state index in [0.717, 1.165) is 38.0 Å². The quantitative estimate of drug-likeness (QED) is 0.780. The predicted molar refractivity (Wildman–Crippen MR) is 78.0 cm³/mol. The van der Waals surface area contributed by atoms with Crippen molar-refractivity contribution >= 4 is 11.6 Å². The fraction of sp³-hybridized carbons (Fsp3) is 0.533. The van der Waals surface area contributed by atoms with Crippen LogP contribution in [0.5, 0.6) is 0 Å². The Morgan fingerprint density at radius 3 is 3.05 bits per heavy atom. The molecule has 0 saturated carbocycles. The second-order valence-electron chi connectivity index (χ2n) is 5.17. The number of hydrogen-bond acceptors (Lipinski definition) is 3. The second-order valence-corrected chi connectivity index (χ2v) is 5.17. The molecule has 0 aliphatic carbocycles. The van der Waals surface area contributed by atoms with Crippen LogP contribution in [0.15, 0.2) is 18.2 Å². The van der Waals surface area contributed by atoms with E-state index in [1.165, 1.54) is 6.07 Å². The number of nitrogens with two attached hydrogens (primary N) is 1. The first-order valence-electron chi connectivity index (χ1n) is 7.19. The van der Waals surface area contributed by atoms with Gasteiger partial charge in [-0.25, -0.2) is 4.39 Å². The normalized spacial score (nSPS) is 18.5. The van der Waals surface area contributed by atoms with Gasteiger partial charge in [0.2, 0.25) is 5.91 Å². The van der Waals surface area contributed by atoms with Gasteiger partial charge in [-0.3, -0.25) is 4.79 Å². The van der Waals surface area contributed by atoms with Crippen LogP contribution in [-0.2, 0) is 11.3 Å². The predicted octanol–water partition coefficient (Wildman–Crippen LogP) is 1.78. The number of primary amides is 1. The largest absolute Gasteiger partial charge is 0.368 e. The summed E-state index contributed by atoms with van der Waals surface area (Å²) in [6.45, 7) is 4.13. The zero-order valence-electron chi connectivity index (χ0n) is 11.9. The van der Waals surface area contributed by atoms with Crippen molar-refractivity contribution in [1.82, 2.24) is 5.32 Å². The zero-order valence-corrected chi connectivity index (χ0v) is 11.9. The summed E-state index contributed by atoms with van der Waals surface area (Å²) in [5, 5.41) is 3.22. The number of amides is 1. The molecule has 5 heteroatoms. The Morgan fingerprint density at radius 2 is 2.35 bits per heavy atom. The van der Waals surface area contributed by atoms with E-state index in [-0.39, 0.29) is 17.8 Å². The first-order chi connectivity index (χ1) is 9.65. The number of benzene rings is 1. The van der Waals surface area contributed by atoms with E-state index >= 15 is 0 Å². The number of carbonyl (C=O) groups excluding carboxylic acids is 1. The molecule has 3 N–H and O–H groups in total. The molecule has 0 radical (unpaired) electrons. The Bertz CT molecular complexity index is 478. The van der Waals surface area contributed by atoms with Crippen molar-refractivity contribution in [2.45, 2.75) is 38.8 Å². The third-order valence-corrected chi connectivity index (χ3v) is 3.71. The van der Waals surface area contributed by atoms with Gasteiger partial charge in [-0.1, -0.05) is 13.0 Å². The van der Waals surface area contributed by atoms with Crippen molar-refractivity contribution in [1.29, 1.82) is 0 Å². The molecule has 1 fully saturated rings. The fourth-order valence-corrected chi connectivity index (χ4v) is 2.73. The van der Waals surface area contributed by atoms with E-state index < -0.39 is 0 Å². The lowest BCUT2D eigenvalue weighted by atomic mass is 10.1. The molecule has 1 aliphatic heterocycles. The van der Waals surface area contributed by atoms with Gasteiger partial charge in [0.15, 0.2) is 0 Å². The standard InChI is InChI=1S/C15H22FN3O/c1-2-8-18-10-11-12(16)5-3-6-13(11)19-9-4-7-14(19)15(17)20/h3,5-6,14,18H,2,4,7-10H2,1H3,(H2,17,20). The molecule has 1 aromatic rings. The van der Waals surface area contributed by atoms with Crippen LogP contribution in [-0.4, -0.2) is 25.0 Å². The van der Waals surface area contributed by atoms with Gasteiger partial charge in [-0.15, -0.1) is 0 Å². The topological polar surface area (TPSA) is 58.4 Å². The van der Waals surface area contributed by atoms with Gasteiger partial charge in [0.1, 0.15) is 11.9 Å². The lowest BCUT2D eigenvalue weighted by Crippen LogP contribution is -2.41. The molecule has 0 bridgehead atoms. The van der Waals surface area contributed by atoms with E-state index in [9.17, 15) is 9.18 Å². The van der Waals surface area contributed by atoms with E-state index in [0.29, 0.717) is 12.1 Å². The second kappa shape index (κ2) is 6.70. The molecule has 20 heavy (non-hydrogen) atoms. The Kier molecular flexibility index (Phi) is 4.95. The number of nitrogens with zero attached hydrogens (tertiary/aromatic N) is 1. The number of rotatable bonds is 6. The summed E-state index contributed by atoms with van der Waals surface area (Å²) in [6.07, 6.45) is 2.65. The van der Waals surface area contributed by atoms with Crippen LogP contribution < -0.4 is 16.0 Å². The number of carbonyl (C=O) groups is 1. The zero-order chi connectivity index (χ0) is 14.5. The van der Waals surface area contributed by atoms with Gasteiger partial charge in [-0.2, -0.15) is 0 Å². The Morgan fingerprint density at radius 1 is 1.55 bits per heavy atom. The Labute approximate surface area is 119 Å². The number of hydrogen-bond donors (Lipinski definition) is 2. The third-order valence-electron chi connectivity index (χ3n) is 3.71. The van der Waals surface area contributed by atoms with Gasteiger partial charge in [-0.05, 0) is 37.9 Å². The highest BCUT2D eigenvalue weighted by molar-refractivity contribution is 5.84. The highest BCUT2D eigenvalue weighted by Crippen LogP contribution is 2.30. The molecule has 1 atom stereocenters. The molecule has 1 aromatic carbocycles. The summed E-state index contributed by atoms with van der Waals surface area (Å²) in [4.78, 5) is 13.5. The van der Waals surface area contributed by atoms with Crippen LogP contribution in [0.3, 0.4) is 0 Å². The summed E-state index contributed by atoms with van der Waals surface area (Å²) < 4.78 is 14.1. The summed E-state index contributed by atoms with van der Waals surface area (Å²) in [6, 6.07) is 4.70. The number of halogens is 1. The average Bonchev–Trinajstić information content (AvgIpc) is 2.90. The molecule has 110 valence electrons. The van der Waals surface area contributed by atoms with Crippen LogP contribution in [0.25, 0.3) is 0 Å². The molecule has 1 heterocycles. The van der Waals surface area contributed by atoms with E-state index in [2.05, 4.69) is 12.2 Å². The summed E-state index contributed by atoms with van der Waals surface area (Å²) in [5.74, 6) is -0.569. The van der Waals surface area contributed by atoms with Crippen molar-refractivity contribution in [3.05, 3.63) is 29.6 Å². The monoisotopic (exact) mass is 279 g/mol. The first kappa shape index (κ1) is 14.8. The molecule has 1 unspecified atom stereocenters. The van der Waals surface area contributed by atoms with Crippen molar-refractivity contribution in [3.8, 4) is 0 Å². The minimum absolute atomic E-state index is 0.235. The van der Waals surface area contributed by atoms with Gasteiger partial charge in [0, 0.05) is 24.3 Å². The van der Waals surface area contributed by atoms with Crippen molar-refractivity contribution in [2.75, 3.05) is 18.0 Å². The fourth-order valence-electron chi connectivity index (χ4n) is 2.73. The molecule has 0 aromatic heterocycles. The van der Waals surface area contributed by atoms with Crippen LogP contribution in [0.4, 0.5) is 10.1 Å². The van der Waals surface area contributed by atoms with Crippen LogP contribution in [0.1, 0.15) is 31.7 Å². The third kappa shape index (κ3) is 3.10. The van der Waals surface area contributed by atoms with Crippen LogP contribution >= 0.6 is 0 Å². The smallest absolute Gasteiger partial charge is 0.240 e.